The van der Waals surface area contributed by atoms with E-state index in [1.807, 2.05) is 12.1 Å². The van der Waals surface area contributed by atoms with Gasteiger partial charge in [0, 0.05) is 4.90 Å². The molecule has 15 heavy (non-hydrogen) atoms. The Balaban J connectivity index is 2.23. The third-order valence-electron chi connectivity index (χ3n) is 2.14. The Morgan fingerprint density at radius 2 is 2.33 bits per heavy atom. The lowest BCUT2D eigenvalue weighted by Crippen LogP contribution is -2.18. The van der Waals surface area contributed by atoms with E-state index in [2.05, 4.69) is 10.3 Å². The minimum atomic E-state index is 0.0371. The predicted octanol–water partition coefficient (Wildman–Crippen LogP) is 1.92. The molecule has 1 aromatic heterocycles. The molecule has 0 fully saturated rings. The SMILES string of the molecule is Nc1nc2cc3c(cc2s1)SCC(=O)N3. The number of rotatable bonds is 0. The zero-order valence-corrected chi connectivity index (χ0v) is 9.24. The molecule has 3 rings (SSSR count). The highest BCUT2D eigenvalue weighted by Crippen LogP contribution is 2.37. The lowest BCUT2D eigenvalue weighted by Gasteiger charge is -2.15. The Labute approximate surface area is 93.9 Å². The summed E-state index contributed by atoms with van der Waals surface area (Å²) in [5.41, 5.74) is 7.32. The molecular formula is C9H7N3OS2. The van der Waals surface area contributed by atoms with Gasteiger partial charge in [0.15, 0.2) is 5.13 Å². The number of hydrogen-bond donors (Lipinski definition) is 2. The number of nitrogen functional groups attached to an aromatic ring is 1. The number of amides is 1. The Hall–Kier alpha value is -1.27. The zero-order chi connectivity index (χ0) is 10.4. The highest BCUT2D eigenvalue weighted by Gasteiger charge is 2.17. The number of anilines is 2. The fraction of sp³-hybridized carbons (Fsp3) is 0.111. The van der Waals surface area contributed by atoms with E-state index in [0.29, 0.717) is 10.9 Å². The minimum Gasteiger partial charge on any atom is -0.375 e. The summed E-state index contributed by atoms with van der Waals surface area (Å²) in [6.45, 7) is 0. The standard InChI is InChI=1S/C9H7N3OS2/c10-9-12-5-1-4-6(2-7(5)15-9)14-3-8(13)11-4/h1-2H,3H2,(H2,10,12)(H,11,13). The molecule has 0 saturated heterocycles. The average Bonchev–Trinajstić information content (AvgIpc) is 2.53. The first-order valence-electron chi connectivity index (χ1n) is 4.35. The summed E-state index contributed by atoms with van der Waals surface area (Å²) in [4.78, 5) is 16.5. The van der Waals surface area contributed by atoms with E-state index in [0.717, 1.165) is 20.8 Å². The summed E-state index contributed by atoms with van der Waals surface area (Å²) in [5, 5.41) is 3.38. The predicted molar refractivity (Wildman–Crippen MR) is 63.4 cm³/mol. The monoisotopic (exact) mass is 237 g/mol. The summed E-state index contributed by atoms with van der Waals surface area (Å²) in [5.74, 6) is 0.516. The molecule has 0 bridgehead atoms. The lowest BCUT2D eigenvalue weighted by molar-refractivity contribution is -0.113. The highest BCUT2D eigenvalue weighted by molar-refractivity contribution is 8.00. The minimum absolute atomic E-state index is 0.0371. The van der Waals surface area contributed by atoms with Gasteiger partial charge in [-0.2, -0.15) is 0 Å². The van der Waals surface area contributed by atoms with Crippen LogP contribution in [0.25, 0.3) is 10.2 Å². The van der Waals surface area contributed by atoms with Gasteiger partial charge in [0.05, 0.1) is 21.7 Å². The van der Waals surface area contributed by atoms with Gasteiger partial charge in [0.2, 0.25) is 5.91 Å². The molecule has 0 atom stereocenters. The molecule has 0 radical (unpaired) electrons. The highest BCUT2D eigenvalue weighted by atomic mass is 32.2. The summed E-state index contributed by atoms with van der Waals surface area (Å²) in [6.07, 6.45) is 0. The summed E-state index contributed by atoms with van der Waals surface area (Å²) in [6, 6.07) is 3.91. The number of fused-ring (bicyclic) bond motifs is 2. The normalized spacial score (nSPS) is 15.1. The number of aromatic nitrogens is 1. The molecule has 3 N–H and O–H groups in total. The topological polar surface area (TPSA) is 68.0 Å². The summed E-state index contributed by atoms with van der Waals surface area (Å²) >= 11 is 3.01. The number of thiazole rings is 1. The number of benzene rings is 1. The number of hydrogen-bond acceptors (Lipinski definition) is 5. The van der Waals surface area contributed by atoms with Gasteiger partial charge >= 0.3 is 0 Å². The van der Waals surface area contributed by atoms with Crippen molar-refractivity contribution in [3.63, 3.8) is 0 Å². The Morgan fingerprint density at radius 3 is 3.20 bits per heavy atom. The Kier molecular flexibility index (Phi) is 1.86. The van der Waals surface area contributed by atoms with Gasteiger partial charge in [-0.1, -0.05) is 11.3 Å². The molecule has 2 aromatic rings. The van der Waals surface area contributed by atoms with Crippen LogP contribution in [0.15, 0.2) is 17.0 Å². The molecule has 1 amide bonds. The summed E-state index contributed by atoms with van der Waals surface area (Å²) < 4.78 is 1.06. The quantitative estimate of drug-likeness (QED) is 0.734. The zero-order valence-electron chi connectivity index (χ0n) is 7.61. The fourth-order valence-corrected chi connectivity index (χ4v) is 3.17. The van der Waals surface area contributed by atoms with E-state index < -0.39 is 0 Å². The van der Waals surface area contributed by atoms with Crippen LogP contribution in [0.2, 0.25) is 0 Å². The lowest BCUT2D eigenvalue weighted by atomic mass is 10.3. The number of nitrogens with two attached hydrogens (primary N) is 1. The van der Waals surface area contributed by atoms with Crippen molar-refractivity contribution in [2.45, 2.75) is 4.90 Å². The molecule has 0 spiro atoms. The van der Waals surface area contributed by atoms with Gasteiger partial charge in [-0.3, -0.25) is 4.79 Å². The van der Waals surface area contributed by atoms with Crippen molar-refractivity contribution in [1.82, 2.24) is 4.98 Å². The summed E-state index contributed by atoms with van der Waals surface area (Å²) in [7, 11) is 0. The first kappa shape index (κ1) is 8.99. The first-order chi connectivity index (χ1) is 7.22. The molecule has 76 valence electrons. The van der Waals surface area contributed by atoms with E-state index in [1.54, 1.807) is 11.8 Å². The van der Waals surface area contributed by atoms with Crippen molar-refractivity contribution in [2.75, 3.05) is 16.8 Å². The average molecular weight is 237 g/mol. The number of thioether (sulfide) groups is 1. The van der Waals surface area contributed by atoms with Crippen molar-refractivity contribution in [3.8, 4) is 0 Å². The van der Waals surface area contributed by atoms with Crippen molar-refractivity contribution in [1.29, 1.82) is 0 Å². The van der Waals surface area contributed by atoms with E-state index >= 15 is 0 Å². The first-order valence-corrected chi connectivity index (χ1v) is 6.15. The van der Waals surface area contributed by atoms with Gasteiger partial charge in [-0.25, -0.2) is 4.98 Å². The molecule has 0 unspecified atom stereocenters. The Bertz CT molecular complexity index is 564. The second kappa shape index (κ2) is 3.11. The van der Waals surface area contributed by atoms with Gasteiger partial charge in [0.1, 0.15) is 0 Å². The second-order valence-electron chi connectivity index (χ2n) is 3.21. The van der Waals surface area contributed by atoms with Gasteiger partial charge in [-0.15, -0.1) is 11.8 Å². The number of carbonyl (C=O) groups excluding carboxylic acids is 1. The molecule has 0 saturated carbocycles. The van der Waals surface area contributed by atoms with Crippen LogP contribution in [0, 0.1) is 0 Å². The van der Waals surface area contributed by atoms with Gasteiger partial charge < -0.3 is 11.1 Å². The molecular weight excluding hydrogens is 230 g/mol. The maximum absolute atomic E-state index is 11.2. The van der Waals surface area contributed by atoms with E-state index in [9.17, 15) is 4.79 Å². The van der Waals surface area contributed by atoms with Crippen LogP contribution in [-0.4, -0.2) is 16.6 Å². The van der Waals surface area contributed by atoms with Crippen LogP contribution in [0.1, 0.15) is 0 Å². The van der Waals surface area contributed by atoms with E-state index in [4.69, 9.17) is 5.73 Å². The molecule has 2 heterocycles. The van der Waals surface area contributed by atoms with Crippen molar-refractivity contribution in [2.24, 2.45) is 0 Å². The molecule has 0 aliphatic carbocycles. The van der Waals surface area contributed by atoms with Gasteiger partial charge in [0.25, 0.3) is 0 Å². The fourth-order valence-electron chi connectivity index (χ4n) is 1.52. The Morgan fingerprint density at radius 1 is 1.47 bits per heavy atom. The van der Waals surface area contributed by atoms with Crippen molar-refractivity contribution >= 4 is 50.0 Å². The van der Waals surface area contributed by atoms with Crippen LogP contribution in [0.5, 0.6) is 0 Å². The third-order valence-corrected chi connectivity index (χ3v) is 4.04. The third kappa shape index (κ3) is 1.46. The molecule has 1 aliphatic heterocycles. The van der Waals surface area contributed by atoms with E-state index in [1.165, 1.54) is 11.3 Å². The van der Waals surface area contributed by atoms with Crippen LogP contribution in [0.3, 0.4) is 0 Å². The number of nitrogens with one attached hydrogen (secondary N) is 1. The number of carbonyl (C=O) groups is 1. The maximum atomic E-state index is 11.2. The second-order valence-corrected chi connectivity index (χ2v) is 5.28. The van der Waals surface area contributed by atoms with Crippen molar-refractivity contribution in [3.05, 3.63) is 12.1 Å². The van der Waals surface area contributed by atoms with Crippen molar-refractivity contribution < 1.29 is 4.79 Å². The van der Waals surface area contributed by atoms with Gasteiger partial charge in [-0.05, 0) is 12.1 Å². The van der Waals surface area contributed by atoms with Crippen LogP contribution in [-0.2, 0) is 4.79 Å². The van der Waals surface area contributed by atoms with Crippen LogP contribution in [0.4, 0.5) is 10.8 Å². The smallest absolute Gasteiger partial charge is 0.234 e. The molecule has 6 heteroatoms. The molecule has 4 nitrogen and oxygen atoms in total. The van der Waals surface area contributed by atoms with Crippen LogP contribution >= 0.6 is 23.1 Å². The maximum Gasteiger partial charge on any atom is 0.234 e. The van der Waals surface area contributed by atoms with E-state index in [-0.39, 0.29) is 5.91 Å². The number of nitrogens with zero attached hydrogens (tertiary/aromatic N) is 1. The molecule has 1 aromatic carbocycles. The molecule has 1 aliphatic rings. The van der Waals surface area contributed by atoms with Crippen LogP contribution < -0.4 is 11.1 Å². The largest absolute Gasteiger partial charge is 0.375 e.